The zero-order valence-electron chi connectivity index (χ0n) is 11.6. The molecule has 0 bridgehead atoms. The lowest BCUT2D eigenvalue weighted by molar-refractivity contribution is -0.119. The fourth-order valence-electron chi connectivity index (χ4n) is 1.80. The van der Waals surface area contributed by atoms with Gasteiger partial charge >= 0.3 is 0 Å². The smallest absolute Gasteiger partial charge is 0.239 e. The van der Waals surface area contributed by atoms with Crippen molar-refractivity contribution in [1.29, 1.82) is 0 Å². The van der Waals surface area contributed by atoms with Gasteiger partial charge < -0.3 is 10.6 Å². The van der Waals surface area contributed by atoms with Gasteiger partial charge in [-0.1, -0.05) is 29.8 Å². The number of carbonyl (C=O) groups is 1. The lowest BCUT2D eigenvalue weighted by Gasteiger charge is -2.09. The first kappa shape index (κ1) is 15.3. The Morgan fingerprint density at radius 2 is 1.90 bits per heavy atom. The van der Waals surface area contributed by atoms with E-state index in [0.29, 0.717) is 11.6 Å². The van der Waals surface area contributed by atoms with Gasteiger partial charge in [0, 0.05) is 6.54 Å². The minimum absolute atomic E-state index is 0.129. The van der Waals surface area contributed by atoms with E-state index in [-0.39, 0.29) is 18.3 Å². The monoisotopic (exact) mass is 306 g/mol. The number of aryl methyl sites for hydroxylation is 1. The molecule has 110 valence electrons. The van der Waals surface area contributed by atoms with E-state index in [1.165, 1.54) is 12.1 Å². The molecule has 0 aliphatic carbocycles. The molecule has 2 rings (SSSR count). The summed E-state index contributed by atoms with van der Waals surface area (Å²) in [5, 5.41) is 6.32. The fraction of sp³-hybridized carbons (Fsp3) is 0.188. The Hall–Kier alpha value is -2.07. The van der Waals surface area contributed by atoms with Crippen molar-refractivity contribution >= 4 is 23.2 Å². The van der Waals surface area contributed by atoms with Crippen LogP contribution in [0.5, 0.6) is 0 Å². The molecule has 0 atom stereocenters. The molecular weight excluding hydrogens is 291 g/mol. The largest absolute Gasteiger partial charge is 0.375 e. The Morgan fingerprint density at radius 1 is 1.19 bits per heavy atom. The fourth-order valence-corrected chi connectivity index (χ4v) is 2.11. The first-order valence-electron chi connectivity index (χ1n) is 6.56. The molecule has 0 unspecified atom stereocenters. The molecule has 0 saturated carbocycles. The minimum atomic E-state index is -0.291. The Morgan fingerprint density at radius 3 is 2.57 bits per heavy atom. The molecule has 0 aliphatic heterocycles. The second-order valence-corrected chi connectivity index (χ2v) is 5.15. The van der Waals surface area contributed by atoms with Crippen molar-refractivity contribution in [3.63, 3.8) is 0 Å². The van der Waals surface area contributed by atoms with Gasteiger partial charge in [-0.3, -0.25) is 4.79 Å². The zero-order valence-corrected chi connectivity index (χ0v) is 12.4. The molecule has 0 fully saturated rings. The van der Waals surface area contributed by atoms with E-state index in [1.807, 2.05) is 25.1 Å². The number of rotatable bonds is 5. The van der Waals surface area contributed by atoms with Crippen molar-refractivity contribution in [2.45, 2.75) is 13.5 Å². The maximum atomic E-state index is 12.8. The number of halogens is 2. The van der Waals surface area contributed by atoms with Crippen molar-refractivity contribution in [1.82, 2.24) is 5.32 Å². The highest BCUT2D eigenvalue weighted by Crippen LogP contribution is 2.22. The molecule has 0 spiro atoms. The van der Waals surface area contributed by atoms with Crippen LogP contribution in [0.15, 0.2) is 42.5 Å². The summed E-state index contributed by atoms with van der Waals surface area (Å²) in [5.41, 5.74) is 2.63. The highest BCUT2D eigenvalue weighted by molar-refractivity contribution is 6.33. The van der Waals surface area contributed by atoms with Gasteiger partial charge in [-0.2, -0.15) is 0 Å². The summed E-state index contributed by atoms with van der Waals surface area (Å²) in [5.74, 6) is -0.447. The van der Waals surface area contributed by atoms with Crippen LogP contribution in [0.4, 0.5) is 10.1 Å². The van der Waals surface area contributed by atoms with Gasteiger partial charge in [-0.25, -0.2) is 4.39 Å². The van der Waals surface area contributed by atoms with Crippen LogP contribution in [0, 0.1) is 12.7 Å². The van der Waals surface area contributed by atoms with Crippen LogP contribution in [-0.4, -0.2) is 12.5 Å². The summed E-state index contributed by atoms with van der Waals surface area (Å²) in [6, 6.07) is 11.6. The van der Waals surface area contributed by atoms with Crippen LogP contribution in [0.3, 0.4) is 0 Å². The number of hydrogen-bond acceptors (Lipinski definition) is 2. The second kappa shape index (κ2) is 7.09. The zero-order chi connectivity index (χ0) is 15.2. The SMILES string of the molecule is Cc1ccc(NCC(=O)NCc2ccc(F)cc2)c(Cl)c1. The first-order chi connectivity index (χ1) is 10.0. The molecule has 3 nitrogen and oxygen atoms in total. The second-order valence-electron chi connectivity index (χ2n) is 4.74. The van der Waals surface area contributed by atoms with E-state index in [9.17, 15) is 9.18 Å². The Labute approximate surface area is 128 Å². The molecule has 2 N–H and O–H groups in total. The Balaban J connectivity index is 1.80. The predicted octanol–water partition coefficient (Wildman–Crippen LogP) is 3.52. The number of carbonyl (C=O) groups excluding carboxylic acids is 1. The van der Waals surface area contributed by atoms with Gasteiger partial charge in [0.25, 0.3) is 0 Å². The van der Waals surface area contributed by atoms with Crippen LogP contribution < -0.4 is 10.6 Å². The first-order valence-corrected chi connectivity index (χ1v) is 6.93. The Kier molecular flexibility index (Phi) is 5.17. The van der Waals surface area contributed by atoms with Crippen molar-refractivity contribution in [3.8, 4) is 0 Å². The lowest BCUT2D eigenvalue weighted by Crippen LogP contribution is -2.29. The maximum absolute atomic E-state index is 12.8. The molecule has 21 heavy (non-hydrogen) atoms. The van der Waals surface area contributed by atoms with Gasteiger partial charge in [0.05, 0.1) is 17.3 Å². The molecule has 2 aromatic carbocycles. The van der Waals surface area contributed by atoms with Crippen LogP contribution in [-0.2, 0) is 11.3 Å². The van der Waals surface area contributed by atoms with Gasteiger partial charge in [0.2, 0.25) is 5.91 Å². The van der Waals surface area contributed by atoms with Gasteiger partial charge in [-0.05, 0) is 42.3 Å². The van der Waals surface area contributed by atoms with Crippen LogP contribution in [0.2, 0.25) is 5.02 Å². The molecule has 2 aromatic rings. The topological polar surface area (TPSA) is 41.1 Å². The quantitative estimate of drug-likeness (QED) is 0.887. The average molecular weight is 307 g/mol. The number of benzene rings is 2. The van der Waals surface area contributed by atoms with Crippen LogP contribution in [0.25, 0.3) is 0 Å². The molecular formula is C16H16ClFN2O. The van der Waals surface area contributed by atoms with Crippen molar-refractivity contribution in [2.24, 2.45) is 0 Å². The van der Waals surface area contributed by atoms with E-state index in [0.717, 1.165) is 16.8 Å². The standard InChI is InChI=1S/C16H16ClFN2O/c1-11-2-7-15(14(17)8-11)19-10-16(21)20-9-12-3-5-13(18)6-4-12/h2-8,19H,9-10H2,1H3,(H,20,21). The summed E-state index contributed by atoms with van der Waals surface area (Å²) in [4.78, 5) is 11.7. The summed E-state index contributed by atoms with van der Waals surface area (Å²) >= 11 is 6.07. The van der Waals surface area contributed by atoms with Crippen LogP contribution >= 0.6 is 11.6 Å². The van der Waals surface area contributed by atoms with E-state index in [1.54, 1.807) is 12.1 Å². The highest BCUT2D eigenvalue weighted by Gasteiger charge is 2.04. The van der Waals surface area contributed by atoms with Crippen LogP contribution in [0.1, 0.15) is 11.1 Å². The number of amides is 1. The van der Waals surface area contributed by atoms with Crippen molar-refractivity contribution < 1.29 is 9.18 Å². The summed E-state index contributed by atoms with van der Waals surface area (Å²) < 4.78 is 12.8. The predicted molar refractivity (Wildman–Crippen MR) is 82.9 cm³/mol. The summed E-state index contributed by atoms with van der Waals surface area (Å²) in [7, 11) is 0. The molecule has 0 saturated heterocycles. The van der Waals surface area contributed by atoms with Gasteiger partial charge in [0.15, 0.2) is 0 Å². The minimum Gasteiger partial charge on any atom is -0.375 e. The summed E-state index contributed by atoms with van der Waals surface area (Å²) in [6.07, 6.45) is 0. The molecule has 0 radical (unpaired) electrons. The average Bonchev–Trinajstić information content (AvgIpc) is 2.46. The van der Waals surface area contributed by atoms with E-state index in [2.05, 4.69) is 10.6 Å². The molecule has 0 aromatic heterocycles. The molecule has 0 aliphatic rings. The third kappa shape index (κ3) is 4.76. The van der Waals surface area contributed by atoms with Crippen molar-refractivity contribution in [2.75, 3.05) is 11.9 Å². The number of hydrogen-bond donors (Lipinski definition) is 2. The van der Waals surface area contributed by atoms with Crippen molar-refractivity contribution in [3.05, 3.63) is 64.4 Å². The maximum Gasteiger partial charge on any atom is 0.239 e. The highest BCUT2D eigenvalue weighted by atomic mass is 35.5. The van der Waals surface area contributed by atoms with E-state index >= 15 is 0 Å². The van der Waals surface area contributed by atoms with E-state index < -0.39 is 0 Å². The Bertz CT molecular complexity index is 629. The van der Waals surface area contributed by atoms with Gasteiger partial charge in [-0.15, -0.1) is 0 Å². The molecule has 0 heterocycles. The third-order valence-electron chi connectivity index (χ3n) is 2.97. The summed E-state index contributed by atoms with van der Waals surface area (Å²) in [6.45, 7) is 2.44. The molecule has 1 amide bonds. The van der Waals surface area contributed by atoms with E-state index in [4.69, 9.17) is 11.6 Å². The lowest BCUT2D eigenvalue weighted by atomic mass is 10.2. The number of nitrogens with one attached hydrogen (secondary N) is 2. The number of anilines is 1. The third-order valence-corrected chi connectivity index (χ3v) is 3.28. The normalized spacial score (nSPS) is 10.2. The van der Waals surface area contributed by atoms with Gasteiger partial charge in [0.1, 0.15) is 5.82 Å². The molecule has 5 heteroatoms.